The van der Waals surface area contributed by atoms with Crippen molar-refractivity contribution in [1.29, 1.82) is 0 Å². The highest BCUT2D eigenvalue weighted by molar-refractivity contribution is 6.17. The van der Waals surface area contributed by atoms with E-state index in [4.69, 9.17) is 11.6 Å². The normalized spacial score (nSPS) is 15.0. The molecule has 0 atom stereocenters. The third-order valence-corrected chi connectivity index (χ3v) is 4.02. The number of pyridine rings is 1. The van der Waals surface area contributed by atoms with Gasteiger partial charge in [-0.05, 0) is 30.9 Å². The van der Waals surface area contributed by atoms with E-state index in [1.807, 2.05) is 6.07 Å². The molecule has 1 aliphatic rings. The van der Waals surface area contributed by atoms with Crippen LogP contribution >= 0.6 is 11.6 Å². The summed E-state index contributed by atoms with van der Waals surface area (Å²) in [4.78, 5) is 7.20. The van der Waals surface area contributed by atoms with Crippen LogP contribution in [0.1, 0.15) is 32.4 Å². The van der Waals surface area contributed by atoms with Crippen molar-refractivity contribution in [2.75, 3.05) is 11.4 Å². The largest absolute Gasteiger partial charge is 0.368 e. The van der Waals surface area contributed by atoms with Crippen molar-refractivity contribution in [3.05, 3.63) is 36.0 Å². The van der Waals surface area contributed by atoms with Crippen molar-refractivity contribution < 1.29 is 0 Å². The molecule has 20 heavy (non-hydrogen) atoms. The molecule has 3 rings (SSSR count). The van der Waals surface area contributed by atoms with E-state index in [1.165, 1.54) is 23.9 Å². The fourth-order valence-electron chi connectivity index (χ4n) is 2.74. The van der Waals surface area contributed by atoms with Gasteiger partial charge in [0.2, 0.25) is 0 Å². The van der Waals surface area contributed by atoms with Crippen LogP contribution in [-0.4, -0.2) is 17.6 Å². The molecule has 0 saturated heterocycles. The smallest absolute Gasteiger partial charge is 0.0726 e. The Morgan fingerprint density at radius 2 is 2.05 bits per heavy atom. The van der Waals surface area contributed by atoms with Crippen LogP contribution in [0.15, 0.2) is 30.3 Å². The molecule has 3 heteroatoms. The van der Waals surface area contributed by atoms with Gasteiger partial charge in [0.25, 0.3) is 0 Å². The number of fused-ring (bicyclic) bond motifs is 1. The van der Waals surface area contributed by atoms with E-state index < -0.39 is 0 Å². The van der Waals surface area contributed by atoms with E-state index in [0.29, 0.717) is 17.8 Å². The lowest BCUT2D eigenvalue weighted by Gasteiger charge is -2.28. The second-order valence-corrected chi connectivity index (χ2v) is 6.33. The van der Waals surface area contributed by atoms with Crippen LogP contribution in [0.2, 0.25) is 0 Å². The summed E-state index contributed by atoms with van der Waals surface area (Å²) in [5.74, 6) is 1.12. The standard InChI is InChI=1S/C17H21ClN2/c1-12(2)11-20(14-7-8-14)17-9-13(10-18)19-16-6-4-3-5-15(16)17/h3-6,9,12,14H,7-8,10-11H2,1-2H3. The predicted octanol–water partition coefficient (Wildman–Crippen LogP) is 4.60. The van der Waals surface area contributed by atoms with Crippen molar-refractivity contribution in [1.82, 2.24) is 4.98 Å². The highest BCUT2D eigenvalue weighted by Crippen LogP contribution is 2.36. The fraction of sp³-hybridized carbons (Fsp3) is 0.471. The molecule has 1 saturated carbocycles. The number of alkyl halides is 1. The molecule has 0 radical (unpaired) electrons. The Balaban J connectivity index is 2.11. The van der Waals surface area contributed by atoms with Crippen molar-refractivity contribution in [3.8, 4) is 0 Å². The maximum absolute atomic E-state index is 6.02. The first-order valence-corrected chi connectivity index (χ1v) is 7.93. The Morgan fingerprint density at radius 1 is 1.30 bits per heavy atom. The lowest BCUT2D eigenvalue weighted by molar-refractivity contribution is 0.608. The molecule has 1 fully saturated rings. The minimum atomic E-state index is 0.470. The molecule has 1 aliphatic carbocycles. The van der Waals surface area contributed by atoms with Gasteiger partial charge in [0.15, 0.2) is 0 Å². The Labute approximate surface area is 125 Å². The molecule has 106 valence electrons. The zero-order chi connectivity index (χ0) is 14.1. The van der Waals surface area contributed by atoms with Gasteiger partial charge in [-0.3, -0.25) is 4.98 Å². The topological polar surface area (TPSA) is 16.1 Å². The van der Waals surface area contributed by atoms with Crippen LogP contribution in [0.4, 0.5) is 5.69 Å². The second kappa shape index (κ2) is 5.61. The summed E-state index contributed by atoms with van der Waals surface area (Å²) in [7, 11) is 0. The van der Waals surface area contributed by atoms with E-state index in [1.54, 1.807) is 0 Å². The molecule has 0 spiro atoms. The van der Waals surface area contributed by atoms with Gasteiger partial charge < -0.3 is 4.90 Å². The van der Waals surface area contributed by atoms with Crippen LogP contribution in [0.25, 0.3) is 10.9 Å². The van der Waals surface area contributed by atoms with Gasteiger partial charge in [-0.25, -0.2) is 0 Å². The lowest BCUT2D eigenvalue weighted by atomic mass is 10.1. The second-order valence-electron chi connectivity index (χ2n) is 6.06. The average molecular weight is 289 g/mol. The van der Waals surface area contributed by atoms with Crippen LogP contribution in [0.3, 0.4) is 0 Å². The van der Waals surface area contributed by atoms with Crippen molar-refractivity contribution in [2.24, 2.45) is 5.92 Å². The molecule has 1 aromatic heterocycles. The molecular formula is C17H21ClN2. The lowest BCUT2D eigenvalue weighted by Crippen LogP contribution is -2.30. The Bertz CT molecular complexity index is 605. The number of hydrogen-bond donors (Lipinski definition) is 0. The van der Waals surface area contributed by atoms with E-state index in [0.717, 1.165) is 17.8 Å². The number of aromatic nitrogens is 1. The monoisotopic (exact) mass is 288 g/mol. The summed E-state index contributed by atoms with van der Waals surface area (Å²) in [5, 5.41) is 1.24. The van der Waals surface area contributed by atoms with Crippen LogP contribution in [-0.2, 0) is 5.88 Å². The van der Waals surface area contributed by atoms with Crippen LogP contribution in [0, 0.1) is 5.92 Å². The van der Waals surface area contributed by atoms with Gasteiger partial charge in [0.05, 0.1) is 17.1 Å². The van der Waals surface area contributed by atoms with Gasteiger partial charge in [0.1, 0.15) is 0 Å². The first kappa shape index (κ1) is 13.7. The fourth-order valence-corrected chi connectivity index (χ4v) is 2.88. The average Bonchev–Trinajstić information content (AvgIpc) is 3.28. The Hall–Kier alpha value is -1.28. The van der Waals surface area contributed by atoms with E-state index in [2.05, 4.69) is 48.0 Å². The molecule has 0 unspecified atom stereocenters. The highest BCUT2D eigenvalue weighted by atomic mass is 35.5. The number of benzene rings is 1. The van der Waals surface area contributed by atoms with Gasteiger partial charge in [-0.1, -0.05) is 32.0 Å². The molecule has 0 bridgehead atoms. The van der Waals surface area contributed by atoms with Crippen molar-refractivity contribution >= 4 is 28.2 Å². The molecule has 0 aliphatic heterocycles. The van der Waals surface area contributed by atoms with Crippen LogP contribution in [0.5, 0.6) is 0 Å². The van der Waals surface area contributed by atoms with E-state index >= 15 is 0 Å². The zero-order valence-electron chi connectivity index (χ0n) is 12.1. The van der Waals surface area contributed by atoms with Gasteiger partial charge in [-0.2, -0.15) is 0 Å². The summed E-state index contributed by atoms with van der Waals surface area (Å²) in [6.07, 6.45) is 2.61. The molecule has 2 aromatic rings. The molecule has 1 aromatic carbocycles. The number of rotatable bonds is 5. The minimum Gasteiger partial charge on any atom is -0.368 e. The molecule has 1 heterocycles. The van der Waals surface area contributed by atoms with Gasteiger partial charge in [0, 0.05) is 23.7 Å². The number of halogens is 1. The number of para-hydroxylation sites is 1. The maximum Gasteiger partial charge on any atom is 0.0726 e. The summed E-state index contributed by atoms with van der Waals surface area (Å²) in [5.41, 5.74) is 3.33. The van der Waals surface area contributed by atoms with Crippen molar-refractivity contribution in [3.63, 3.8) is 0 Å². The molecular weight excluding hydrogens is 268 g/mol. The first-order chi connectivity index (χ1) is 9.69. The zero-order valence-corrected chi connectivity index (χ0v) is 12.9. The van der Waals surface area contributed by atoms with Crippen LogP contribution < -0.4 is 4.90 Å². The summed E-state index contributed by atoms with van der Waals surface area (Å²) >= 11 is 6.02. The Morgan fingerprint density at radius 3 is 2.70 bits per heavy atom. The Kier molecular flexibility index (Phi) is 3.84. The molecule has 2 nitrogen and oxygen atoms in total. The molecule has 0 N–H and O–H groups in total. The SMILES string of the molecule is CC(C)CN(c1cc(CCl)nc2ccccc12)C1CC1. The van der Waals surface area contributed by atoms with Crippen molar-refractivity contribution in [2.45, 2.75) is 38.6 Å². The first-order valence-electron chi connectivity index (χ1n) is 7.40. The van der Waals surface area contributed by atoms with E-state index in [9.17, 15) is 0 Å². The number of hydrogen-bond acceptors (Lipinski definition) is 2. The quantitative estimate of drug-likeness (QED) is 0.748. The summed E-state index contributed by atoms with van der Waals surface area (Å²) in [6.45, 7) is 5.66. The van der Waals surface area contributed by atoms with E-state index in [-0.39, 0.29) is 0 Å². The maximum atomic E-state index is 6.02. The highest BCUT2D eigenvalue weighted by Gasteiger charge is 2.30. The number of nitrogens with zero attached hydrogens (tertiary/aromatic N) is 2. The molecule has 0 amide bonds. The predicted molar refractivity (Wildman–Crippen MR) is 86.5 cm³/mol. The third kappa shape index (κ3) is 2.76. The van der Waals surface area contributed by atoms with Gasteiger partial charge in [-0.15, -0.1) is 11.6 Å². The van der Waals surface area contributed by atoms with Gasteiger partial charge >= 0.3 is 0 Å². The third-order valence-electron chi connectivity index (χ3n) is 3.74. The summed E-state index contributed by atoms with van der Waals surface area (Å²) in [6, 6.07) is 11.3. The summed E-state index contributed by atoms with van der Waals surface area (Å²) < 4.78 is 0. The minimum absolute atomic E-state index is 0.470. The number of anilines is 1.